The van der Waals surface area contributed by atoms with Gasteiger partial charge in [0.15, 0.2) is 18.3 Å². The Morgan fingerprint density at radius 1 is 0.690 bits per heavy atom. The second-order valence-corrected chi connectivity index (χ2v) is 9.54. The van der Waals surface area contributed by atoms with Crippen LogP contribution in [-0.2, 0) is 57.3 Å². The van der Waals surface area contributed by atoms with Crippen LogP contribution in [-0.4, -0.2) is 73.0 Å². The average molecular weight is 595 g/mol. The summed E-state index contributed by atoms with van der Waals surface area (Å²) in [6, 6.07) is 9.14. The molecule has 0 aromatic heterocycles. The number of hydrogen-bond donors (Lipinski definition) is 2. The molecule has 2 rings (SSSR count). The van der Waals surface area contributed by atoms with Gasteiger partial charge in [-0.25, -0.2) is 10.3 Å². The minimum Gasteiger partial charge on any atom is -0.463 e. The Labute approximate surface area is 243 Å². The van der Waals surface area contributed by atoms with Crippen LogP contribution in [0.15, 0.2) is 30.3 Å². The van der Waals surface area contributed by atoms with Gasteiger partial charge < -0.3 is 29.0 Å². The van der Waals surface area contributed by atoms with Crippen molar-refractivity contribution in [1.82, 2.24) is 5.48 Å². The zero-order valence-corrected chi connectivity index (χ0v) is 24.1. The lowest BCUT2D eigenvalue weighted by Gasteiger charge is -2.43. The Morgan fingerprint density at radius 2 is 1.24 bits per heavy atom. The highest BCUT2D eigenvalue weighted by Gasteiger charge is 2.53. The molecule has 14 heteroatoms. The number of hydrogen-bond acceptors (Lipinski definition) is 12. The Morgan fingerprint density at radius 3 is 1.81 bits per heavy atom. The number of esters is 4. The first kappa shape index (κ1) is 34.2. The molecule has 1 aliphatic rings. The van der Waals surface area contributed by atoms with Crippen LogP contribution in [0.4, 0.5) is 5.69 Å². The minimum absolute atomic E-state index is 0.0848. The molecule has 0 bridgehead atoms. The van der Waals surface area contributed by atoms with Gasteiger partial charge >= 0.3 is 23.9 Å². The lowest BCUT2D eigenvalue weighted by Crippen LogP contribution is -2.63. The lowest BCUT2D eigenvalue weighted by atomic mass is 9.98. The van der Waals surface area contributed by atoms with Crippen LogP contribution in [0.25, 0.3) is 0 Å². The number of amides is 2. The maximum Gasteiger partial charge on any atom is 0.303 e. The van der Waals surface area contributed by atoms with E-state index in [1.54, 1.807) is 12.1 Å². The van der Waals surface area contributed by atoms with Gasteiger partial charge in [0.05, 0.1) is 0 Å². The number of carbonyl (C=O) groups is 6. The molecule has 0 radical (unpaired) electrons. The number of ether oxygens (including phenoxy) is 5. The Bertz CT molecular complexity index is 1080. The van der Waals surface area contributed by atoms with E-state index in [0.717, 1.165) is 39.8 Å². The maximum atomic E-state index is 12.4. The van der Waals surface area contributed by atoms with Gasteiger partial charge in [-0.3, -0.25) is 28.8 Å². The first-order chi connectivity index (χ1) is 20.0. The third-order valence-electron chi connectivity index (χ3n) is 5.85. The normalized spacial score (nSPS) is 21.4. The molecule has 0 saturated carbocycles. The highest BCUT2D eigenvalue weighted by Crippen LogP contribution is 2.29. The Hall–Kier alpha value is -4.04. The number of anilines is 1. The first-order valence-electron chi connectivity index (χ1n) is 13.6. The maximum absolute atomic E-state index is 12.4. The van der Waals surface area contributed by atoms with Gasteiger partial charge in [-0.05, 0) is 25.0 Å². The molecule has 14 nitrogen and oxygen atoms in total. The van der Waals surface area contributed by atoms with E-state index in [-0.39, 0.29) is 12.3 Å². The van der Waals surface area contributed by atoms with Crippen LogP contribution in [0.2, 0.25) is 0 Å². The number of para-hydroxylation sites is 1. The summed E-state index contributed by atoms with van der Waals surface area (Å²) < 4.78 is 26.6. The van der Waals surface area contributed by atoms with Crippen molar-refractivity contribution in [2.75, 3.05) is 11.9 Å². The SMILES string of the molecule is CC(=O)OC[C@H]1O[C@@H](ONC(=O)CCCCCCC(=O)Nc2ccccc2)[C@H](OC(C)=O)[C@@H](OC(C)=O)[C@@H]1OC(C)=O. The van der Waals surface area contributed by atoms with Crippen LogP contribution in [0.1, 0.15) is 66.2 Å². The monoisotopic (exact) mass is 594 g/mol. The average Bonchev–Trinajstić information content (AvgIpc) is 2.91. The highest BCUT2D eigenvalue weighted by atomic mass is 16.8. The first-order valence-corrected chi connectivity index (χ1v) is 13.6. The fourth-order valence-electron chi connectivity index (χ4n) is 4.13. The van der Waals surface area contributed by atoms with E-state index in [0.29, 0.717) is 25.7 Å². The van der Waals surface area contributed by atoms with Crippen molar-refractivity contribution in [2.45, 2.75) is 96.9 Å². The number of unbranched alkanes of at least 4 members (excludes halogenated alkanes) is 3. The fourth-order valence-corrected chi connectivity index (χ4v) is 4.13. The Kier molecular flexibility index (Phi) is 14.4. The third-order valence-corrected chi connectivity index (χ3v) is 5.85. The third kappa shape index (κ3) is 12.6. The number of nitrogens with one attached hydrogen (secondary N) is 2. The van der Waals surface area contributed by atoms with Crippen LogP contribution in [0.5, 0.6) is 0 Å². The van der Waals surface area contributed by atoms with Crippen molar-refractivity contribution in [1.29, 1.82) is 0 Å². The summed E-state index contributed by atoms with van der Waals surface area (Å²) in [5.41, 5.74) is 2.96. The molecule has 1 fully saturated rings. The molecule has 1 heterocycles. The molecule has 1 saturated heterocycles. The number of benzene rings is 1. The van der Waals surface area contributed by atoms with Crippen molar-refractivity contribution < 1.29 is 57.3 Å². The highest BCUT2D eigenvalue weighted by molar-refractivity contribution is 5.90. The number of hydroxylamine groups is 1. The van der Waals surface area contributed by atoms with E-state index in [2.05, 4.69) is 10.8 Å². The zero-order valence-electron chi connectivity index (χ0n) is 24.1. The van der Waals surface area contributed by atoms with E-state index < -0.39 is 67.1 Å². The molecule has 1 aliphatic heterocycles. The largest absolute Gasteiger partial charge is 0.463 e. The summed E-state index contributed by atoms with van der Waals surface area (Å²) in [5, 5.41) is 2.82. The molecule has 0 aliphatic carbocycles. The van der Waals surface area contributed by atoms with Crippen LogP contribution < -0.4 is 10.8 Å². The molecule has 5 atom stereocenters. The second-order valence-electron chi connectivity index (χ2n) is 9.54. The summed E-state index contributed by atoms with van der Waals surface area (Å²) >= 11 is 0. The predicted molar refractivity (Wildman–Crippen MR) is 144 cm³/mol. The van der Waals surface area contributed by atoms with Crippen molar-refractivity contribution in [3.05, 3.63) is 30.3 Å². The molecule has 1 aromatic carbocycles. The van der Waals surface area contributed by atoms with Crippen LogP contribution in [0, 0.1) is 0 Å². The van der Waals surface area contributed by atoms with Gasteiger partial charge in [0.1, 0.15) is 12.7 Å². The number of rotatable bonds is 15. The van der Waals surface area contributed by atoms with E-state index in [1.807, 2.05) is 18.2 Å². The molecule has 0 spiro atoms. The molecule has 42 heavy (non-hydrogen) atoms. The van der Waals surface area contributed by atoms with E-state index >= 15 is 0 Å². The topological polar surface area (TPSA) is 182 Å². The summed E-state index contributed by atoms with van der Waals surface area (Å²) in [7, 11) is 0. The van der Waals surface area contributed by atoms with Gasteiger partial charge in [0.2, 0.25) is 18.1 Å². The van der Waals surface area contributed by atoms with Gasteiger partial charge in [-0.1, -0.05) is 31.0 Å². The van der Waals surface area contributed by atoms with E-state index in [9.17, 15) is 28.8 Å². The molecule has 2 amide bonds. The van der Waals surface area contributed by atoms with Gasteiger partial charge in [-0.15, -0.1) is 0 Å². The van der Waals surface area contributed by atoms with E-state index in [1.165, 1.54) is 0 Å². The van der Waals surface area contributed by atoms with Crippen LogP contribution >= 0.6 is 0 Å². The minimum atomic E-state index is -1.52. The molecule has 2 N–H and O–H groups in total. The zero-order chi connectivity index (χ0) is 31.1. The molecular formula is C28H38N2O12. The van der Waals surface area contributed by atoms with Crippen molar-refractivity contribution in [2.24, 2.45) is 0 Å². The quantitative estimate of drug-likeness (QED) is 0.131. The molecule has 232 valence electrons. The molecule has 1 aromatic rings. The van der Waals surface area contributed by atoms with Crippen molar-refractivity contribution in [3.63, 3.8) is 0 Å². The van der Waals surface area contributed by atoms with Crippen LogP contribution in [0.3, 0.4) is 0 Å². The van der Waals surface area contributed by atoms with E-state index in [4.69, 9.17) is 28.5 Å². The van der Waals surface area contributed by atoms with Crippen molar-refractivity contribution in [3.8, 4) is 0 Å². The smallest absolute Gasteiger partial charge is 0.303 e. The fraction of sp³-hybridized carbons (Fsp3) is 0.571. The standard InChI is InChI=1S/C28H38N2O12/c1-17(31)37-16-22-25(38-18(2)32)26(39-19(3)33)27(40-20(4)34)28(41-22)42-30-24(36)15-11-6-5-10-14-23(35)29-21-12-8-7-9-13-21/h7-9,12-13,22,25-28H,5-6,10-11,14-16H2,1-4H3,(H,29,35)(H,30,36)/t22-,25-,26+,27-,28+/m1/s1. The lowest BCUT2D eigenvalue weighted by molar-refractivity contribution is -0.318. The van der Waals surface area contributed by atoms with Gasteiger partial charge in [-0.2, -0.15) is 0 Å². The Balaban J connectivity index is 1.92. The van der Waals surface area contributed by atoms with Gasteiger partial charge in [0, 0.05) is 46.2 Å². The predicted octanol–water partition coefficient (Wildman–Crippen LogP) is 2.10. The van der Waals surface area contributed by atoms with Gasteiger partial charge in [0.25, 0.3) is 0 Å². The van der Waals surface area contributed by atoms with Crippen molar-refractivity contribution >= 4 is 41.4 Å². The number of carbonyl (C=O) groups excluding carboxylic acids is 6. The summed E-state index contributed by atoms with van der Waals surface area (Å²) in [6.45, 7) is 4.03. The summed E-state index contributed by atoms with van der Waals surface area (Å²) in [4.78, 5) is 76.8. The summed E-state index contributed by atoms with van der Waals surface area (Å²) in [5.74, 6) is -3.60. The summed E-state index contributed by atoms with van der Waals surface area (Å²) in [6.07, 6.45) is -3.89. The molecule has 0 unspecified atom stereocenters. The molecular weight excluding hydrogens is 556 g/mol. The second kappa shape index (κ2) is 17.7.